The van der Waals surface area contributed by atoms with Gasteiger partial charge in [-0.2, -0.15) is 8.42 Å². The fourth-order valence-electron chi connectivity index (χ4n) is 5.11. The Hall–Kier alpha value is -3.76. The minimum atomic E-state index is -3.87. The van der Waals surface area contributed by atoms with E-state index in [1.165, 1.54) is 0 Å². The SMILES string of the molecule is CCCCCOc1cc(N2CCCN(Cc3ccc(C(C)COS(=O)(=O)c4ccc(C)cc4)cc3OC)C2=O)ccc1OC. The summed E-state index contributed by atoms with van der Waals surface area (Å²) in [6.07, 6.45) is 3.97. The Labute approximate surface area is 261 Å². The van der Waals surface area contributed by atoms with Crippen molar-refractivity contribution in [2.45, 2.75) is 63.8 Å². The number of anilines is 1. The largest absolute Gasteiger partial charge is 0.496 e. The van der Waals surface area contributed by atoms with Crippen LogP contribution >= 0.6 is 0 Å². The Bertz CT molecular complexity index is 1510. The number of hydrogen-bond acceptors (Lipinski definition) is 7. The maximum Gasteiger partial charge on any atom is 0.324 e. The van der Waals surface area contributed by atoms with Crippen LogP contribution in [-0.4, -0.2) is 59.9 Å². The molecule has 3 aromatic rings. The zero-order chi connectivity index (χ0) is 31.7. The van der Waals surface area contributed by atoms with E-state index in [0.717, 1.165) is 48.1 Å². The third kappa shape index (κ3) is 8.24. The number of carbonyl (C=O) groups is 1. The van der Waals surface area contributed by atoms with Gasteiger partial charge in [0.05, 0.1) is 38.9 Å². The molecule has 3 aromatic carbocycles. The molecule has 1 aliphatic heterocycles. The predicted octanol–water partition coefficient (Wildman–Crippen LogP) is 6.92. The van der Waals surface area contributed by atoms with E-state index in [1.807, 2.05) is 55.1 Å². The lowest BCUT2D eigenvalue weighted by Crippen LogP contribution is -2.49. The van der Waals surface area contributed by atoms with Crippen LogP contribution in [0.5, 0.6) is 17.2 Å². The minimum absolute atomic E-state index is 0.00948. The topological polar surface area (TPSA) is 94.6 Å². The number of rotatable bonds is 15. The van der Waals surface area contributed by atoms with Gasteiger partial charge in [-0.05, 0) is 55.7 Å². The molecule has 4 rings (SSSR count). The highest BCUT2D eigenvalue weighted by Crippen LogP contribution is 2.34. The first-order chi connectivity index (χ1) is 21.2. The molecule has 0 radical (unpaired) electrons. The number of aryl methyl sites for hydroxylation is 1. The highest BCUT2D eigenvalue weighted by molar-refractivity contribution is 7.86. The van der Waals surface area contributed by atoms with E-state index < -0.39 is 10.1 Å². The highest BCUT2D eigenvalue weighted by Gasteiger charge is 2.28. The Morgan fingerprint density at radius 3 is 2.34 bits per heavy atom. The molecule has 238 valence electrons. The van der Waals surface area contributed by atoms with Gasteiger partial charge in [0.1, 0.15) is 5.75 Å². The summed E-state index contributed by atoms with van der Waals surface area (Å²) < 4.78 is 47.9. The molecule has 1 atom stereocenters. The van der Waals surface area contributed by atoms with Crippen molar-refractivity contribution in [2.24, 2.45) is 0 Å². The average Bonchev–Trinajstić information content (AvgIpc) is 3.03. The van der Waals surface area contributed by atoms with Gasteiger partial charge in [-0.15, -0.1) is 0 Å². The van der Waals surface area contributed by atoms with Gasteiger partial charge in [0, 0.05) is 36.3 Å². The molecule has 44 heavy (non-hydrogen) atoms. The molecule has 0 aromatic heterocycles. The highest BCUT2D eigenvalue weighted by atomic mass is 32.2. The summed E-state index contributed by atoms with van der Waals surface area (Å²) >= 11 is 0. The van der Waals surface area contributed by atoms with Crippen LogP contribution in [0.4, 0.5) is 10.5 Å². The van der Waals surface area contributed by atoms with Crippen LogP contribution in [0.25, 0.3) is 0 Å². The fourth-order valence-corrected chi connectivity index (χ4v) is 6.10. The number of urea groups is 1. The van der Waals surface area contributed by atoms with Crippen molar-refractivity contribution in [3.63, 3.8) is 0 Å². The van der Waals surface area contributed by atoms with Gasteiger partial charge in [-0.1, -0.05) is 56.5 Å². The van der Waals surface area contributed by atoms with Crippen LogP contribution < -0.4 is 19.1 Å². The molecular formula is C34H44N2O7S. The van der Waals surface area contributed by atoms with E-state index >= 15 is 0 Å². The maximum absolute atomic E-state index is 13.7. The summed E-state index contributed by atoms with van der Waals surface area (Å²) in [7, 11) is -0.661. The van der Waals surface area contributed by atoms with E-state index in [0.29, 0.717) is 43.5 Å². The Kier molecular flexibility index (Phi) is 11.5. The van der Waals surface area contributed by atoms with E-state index in [4.69, 9.17) is 18.4 Å². The van der Waals surface area contributed by atoms with Gasteiger partial charge < -0.3 is 19.1 Å². The van der Waals surface area contributed by atoms with Crippen LogP contribution in [0.15, 0.2) is 65.6 Å². The molecule has 0 aliphatic carbocycles. The molecule has 0 spiro atoms. The number of ether oxygens (including phenoxy) is 3. The monoisotopic (exact) mass is 624 g/mol. The van der Waals surface area contributed by atoms with Crippen molar-refractivity contribution in [1.82, 2.24) is 4.90 Å². The van der Waals surface area contributed by atoms with Gasteiger partial charge in [0.25, 0.3) is 10.1 Å². The summed E-state index contributed by atoms with van der Waals surface area (Å²) in [5.41, 5.74) is 3.48. The Morgan fingerprint density at radius 1 is 0.886 bits per heavy atom. The van der Waals surface area contributed by atoms with E-state index in [9.17, 15) is 13.2 Å². The summed E-state index contributed by atoms with van der Waals surface area (Å²) in [5.74, 6) is 1.70. The zero-order valence-corrected chi connectivity index (χ0v) is 27.2. The lowest BCUT2D eigenvalue weighted by atomic mass is 9.99. The summed E-state index contributed by atoms with van der Waals surface area (Å²) in [5, 5.41) is 0. The van der Waals surface area contributed by atoms with Crippen molar-refractivity contribution in [1.29, 1.82) is 0 Å². The number of amides is 2. The Morgan fingerprint density at radius 2 is 1.64 bits per heavy atom. The van der Waals surface area contributed by atoms with Gasteiger partial charge in [-0.25, -0.2) is 4.79 Å². The molecule has 1 unspecified atom stereocenters. The first-order valence-electron chi connectivity index (χ1n) is 15.2. The summed E-state index contributed by atoms with van der Waals surface area (Å²) in [6, 6.07) is 17.9. The third-order valence-electron chi connectivity index (χ3n) is 7.80. The molecular weight excluding hydrogens is 580 g/mol. The van der Waals surface area contributed by atoms with Crippen LogP contribution in [0.1, 0.15) is 62.1 Å². The number of methoxy groups -OCH3 is 2. The molecule has 0 saturated carbocycles. The molecule has 2 amide bonds. The second kappa shape index (κ2) is 15.3. The van der Waals surface area contributed by atoms with Gasteiger partial charge in [0.2, 0.25) is 0 Å². The van der Waals surface area contributed by atoms with Crippen molar-refractivity contribution >= 4 is 21.8 Å². The molecule has 1 saturated heterocycles. The third-order valence-corrected chi connectivity index (χ3v) is 9.10. The van der Waals surface area contributed by atoms with Gasteiger partial charge >= 0.3 is 6.03 Å². The molecule has 1 fully saturated rings. The van der Waals surface area contributed by atoms with Crippen LogP contribution in [0.3, 0.4) is 0 Å². The lowest BCUT2D eigenvalue weighted by molar-refractivity contribution is 0.191. The van der Waals surface area contributed by atoms with Crippen molar-refractivity contribution in [3.05, 3.63) is 77.4 Å². The first-order valence-corrected chi connectivity index (χ1v) is 16.6. The number of benzene rings is 3. The molecule has 0 N–H and O–H groups in total. The van der Waals surface area contributed by atoms with Gasteiger partial charge in [0.15, 0.2) is 11.5 Å². The summed E-state index contributed by atoms with van der Waals surface area (Å²) in [4.78, 5) is 17.4. The quantitative estimate of drug-likeness (QED) is 0.134. The predicted molar refractivity (Wildman–Crippen MR) is 172 cm³/mol. The fraction of sp³-hybridized carbons (Fsp3) is 0.441. The number of hydrogen-bond donors (Lipinski definition) is 0. The number of nitrogens with zero attached hydrogens (tertiary/aromatic N) is 2. The zero-order valence-electron chi connectivity index (χ0n) is 26.4. The van der Waals surface area contributed by atoms with Crippen LogP contribution in [0, 0.1) is 6.92 Å². The second-order valence-corrected chi connectivity index (χ2v) is 12.7. The number of carbonyl (C=O) groups excluding carboxylic acids is 1. The lowest BCUT2D eigenvalue weighted by Gasteiger charge is -2.36. The van der Waals surface area contributed by atoms with E-state index in [2.05, 4.69) is 6.92 Å². The van der Waals surface area contributed by atoms with E-state index in [1.54, 1.807) is 43.4 Å². The van der Waals surface area contributed by atoms with Crippen LogP contribution in [0.2, 0.25) is 0 Å². The summed E-state index contributed by atoms with van der Waals surface area (Å²) in [6.45, 7) is 8.15. The standard InChI is InChI=1S/C34H44N2O7S/c1-6-7-8-20-42-33-22-29(14-17-31(33)40-4)36-19-9-18-35(34(36)37)23-28-13-12-27(21-32(28)41-5)26(3)24-43-44(38,39)30-15-10-25(2)11-16-30/h10-17,21-22,26H,6-9,18-20,23-24H2,1-5H3. The average molecular weight is 625 g/mol. The molecule has 9 nitrogen and oxygen atoms in total. The van der Waals surface area contributed by atoms with Crippen LogP contribution in [-0.2, 0) is 20.8 Å². The smallest absolute Gasteiger partial charge is 0.324 e. The number of unbranched alkanes of at least 4 members (excludes halogenated alkanes) is 2. The maximum atomic E-state index is 13.7. The molecule has 1 heterocycles. The molecule has 10 heteroatoms. The molecule has 1 aliphatic rings. The van der Waals surface area contributed by atoms with Crippen molar-refractivity contribution in [2.75, 3.05) is 45.4 Å². The van der Waals surface area contributed by atoms with Crippen molar-refractivity contribution < 1.29 is 31.6 Å². The molecule has 0 bridgehead atoms. The first kappa shape index (κ1) is 33.1. The Balaban J connectivity index is 1.43. The minimum Gasteiger partial charge on any atom is -0.496 e. The second-order valence-electron chi connectivity index (χ2n) is 11.1. The normalized spacial score (nSPS) is 14.4. The van der Waals surface area contributed by atoms with Crippen molar-refractivity contribution in [3.8, 4) is 17.2 Å². The van der Waals surface area contributed by atoms with E-state index in [-0.39, 0.29) is 23.5 Å². The van der Waals surface area contributed by atoms with Gasteiger partial charge in [-0.3, -0.25) is 9.08 Å².